The number of anilines is 1. The first-order valence-corrected chi connectivity index (χ1v) is 6.09. The van der Waals surface area contributed by atoms with Crippen LogP contribution in [0.3, 0.4) is 0 Å². The minimum absolute atomic E-state index is 0.0598. The SMILES string of the molecule is CCC1(CNc2nccc(C(F)(F)F)n2)CCC1. The minimum Gasteiger partial charge on any atom is -0.354 e. The van der Waals surface area contributed by atoms with Gasteiger partial charge >= 0.3 is 6.18 Å². The first-order valence-electron chi connectivity index (χ1n) is 6.09. The molecule has 0 spiro atoms. The zero-order valence-corrected chi connectivity index (χ0v) is 10.2. The molecule has 0 radical (unpaired) electrons. The van der Waals surface area contributed by atoms with Crippen LogP contribution >= 0.6 is 0 Å². The predicted octanol–water partition coefficient (Wildman–Crippen LogP) is 3.49. The van der Waals surface area contributed by atoms with Gasteiger partial charge in [-0.2, -0.15) is 13.2 Å². The fraction of sp³-hybridized carbons (Fsp3) is 0.667. The summed E-state index contributed by atoms with van der Waals surface area (Å²) in [6.07, 6.45) is 1.18. The van der Waals surface area contributed by atoms with Crippen LogP contribution in [0.1, 0.15) is 38.3 Å². The van der Waals surface area contributed by atoms with E-state index < -0.39 is 11.9 Å². The van der Waals surface area contributed by atoms with Gasteiger partial charge in [0, 0.05) is 12.7 Å². The summed E-state index contributed by atoms with van der Waals surface area (Å²) in [7, 11) is 0. The molecule has 1 aliphatic rings. The minimum atomic E-state index is -4.42. The number of nitrogens with one attached hydrogen (secondary N) is 1. The molecule has 0 bridgehead atoms. The molecule has 0 aromatic carbocycles. The van der Waals surface area contributed by atoms with Gasteiger partial charge in [0.05, 0.1) is 0 Å². The van der Waals surface area contributed by atoms with E-state index in [0.29, 0.717) is 6.54 Å². The van der Waals surface area contributed by atoms with Crippen LogP contribution in [0, 0.1) is 5.41 Å². The molecule has 1 fully saturated rings. The molecule has 6 heteroatoms. The van der Waals surface area contributed by atoms with Gasteiger partial charge in [0.2, 0.25) is 5.95 Å². The van der Waals surface area contributed by atoms with E-state index in [0.717, 1.165) is 31.5 Å². The predicted molar refractivity (Wildman–Crippen MR) is 62.1 cm³/mol. The monoisotopic (exact) mass is 259 g/mol. The molecule has 1 aromatic heterocycles. The van der Waals surface area contributed by atoms with E-state index in [1.807, 2.05) is 0 Å². The van der Waals surface area contributed by atoms with Crippen molar-refractivity contribution in [1.29, 1.82) is 0 Å². The Morgan fingerprint density at radius 3 is 2.61 bits per heavy atom. The highest BCUT2D eigenvalue weighted by molar-refractivity contribution is 5.26. The highest BCUT2D eigenvalue weighted by Gasteiger charge is 2.35. The lowest BCUT2D eigenvalue weighted by Crippen LogP contribution is -2.36. The average molecular weight is 259 g/mol. The average Bonchev–Trinajstić information content (AvgIpc) is 2.27. The number of rotatable bonds is 4. The summed E-state index contributed by atoms with van der Waals surface area (Å²) in [5, 5.41) is 2.93. The van der Waals surface area contributed by atoms with Gasteiger partial charge in [-0.15, -0.1) is 0 Å². The van der Waals surface area contributed by atoms with Gasteiger partial charge in [0.1, 0.15) is 5.69 Å². The maximum atomic E-state index is 12.5. The molecule has 100 valence electrons. The van der Waals surface area contributed by atoms with E-state index in [1.165, 1.54) is 6.42 Å². The maximum Gasteiger partial charge on any atom is 0.433 e. The Hall–Kier alpha value is -1.33. The first kappa shape index (κ1) is 13.1. The quantitative estimate of drug-likeness (QED) is 0.899. The second kappa shape index (κ2) is 4.74. The number of halogens is 3. The van der Waals surface area contributed by atoms with Crippen LogP contribution in [0.5, 0.6) is 0 Å². The molecule has 3 nitrogen and oxygen atoms in total. The Morgan fingerprint density at radius 2 is 2.11 bits per heavy atom. The molecule has 1 aliphatic carbocycles. The van der Waals surface area contributed by atoms with Crippen molar-refractivity contribution in [3.05, 3.63) is 18.0 Å². The van der Waals surface area contributed by atoms with E-state index >= 15 is 0 Å². The number of alkyl halides is 3. The van der Waals surface area contributed by atoms with Crippen LogP contribution in [0.25, 0.3) is 0 Å². The van der Waals surface area contributed by atoms with Gasteiger partial charge in [-0.1, -0.05) is 13.3 Å². The number of nitrogens with zero attached hydrogens (tertiary/aromatic N) is 2. The zero-order chi connectivity index (χ0) is 13.2. The van der Waals surface area contributed by atoms with Crippen molar-refractivity contribution in [3.8, 4) is 0 Å². The Balaban J connectivity index is 2.01. The third kappa shape index (κ3) is 2.73. The molecule has 2 rings (SSSR count). The fourth-order valence-electron chi connectivity index (χ4n) is 2.20. The van der Waals surface area contributed by atoms with Crippen molar-refractivity contribution in [2.75, 3.05) is 11.9 Å². The van der Waals surface area contributed by atoms with Crippen LogP contribution in [0.2, 0.25) is 0 Å². The standard InChI is InChI=1S/C12H16F3N3/c1-2-11(5-3-6-11)8-17-10-16-7-4-9(18-10)12(13,14)15/h4,7H,2-3,5-6,8H2,1H3,(H,16,17,18). The Bertz CT molecular complexity index is 408. The molecule has 0 saturated heterocycles. The van der Waals surface area contributed by atoms with Crippen molar-refractivity contribution in [2.24, 2.45) is 5.41 Å². The van der Waals surface area contributed by atoms with Gasteiger partial charge in [0.15, 0.2) is 0 Å². The smallest absolute Gasteiger partial charge is 0.354 e. The number of hydrogen-bond donors (Lipinski definition) is 1. The first-order chi connectivity index (χ1) is 8.45. The van der Waals surface area contributed by atoms with Gasteiger partial charge in [-0.3, -0.25) is 0 Å². The second-order valence-corrected chi connectivity index (χ2v) is 4.82. The van der Waals surface area contributed by atoms with Gasteiger partial charge < -0.3 is 5.32 Å². The van der Waals surface area contributed by atoms with Crippen molar-refractivity contribution in [1.82, 2.24) is 9.97 Å². The molecule has 1 N–H and O–H groups in total. The molecule has 0 unspecified atom stereocenters. The molecular weight excluding hydrogens is 243 g/mol. The van der Waals surface area contributed by atoms with Crippen LogP contribution in [-0.2, 0) is 6.18 Å². The highest BCUT2D eigenvalue weighted by Crippen LogP contribution is 2.43. The largest absolute Gasteiger partial charge is 0.433 e. The van der Waals surface area contributed by atoms with Crippen LogP contribution in [-0.4, -0.2) is 16.5 Å². The lowest BCUT2D eigenvalue weighted by molar-refractivity contribution is -0.141. The van der Waals surface area contributed by atoms with E-state index in [1.54, 1.807) is 0 Å². The molecule has 0 amide bonds. The lowest BCUT2D eigenvalue weighted by atomic mass is 9.67. The van der Waals surface area contributed by atoms with Crippen LogP contribution in [0.4, 0.5) is 19.1 Å². The van der Waals surface area contributed by atoms with Crippen molar-refractivity contribution in [2.45, 2.75) is 38.8 Å². The van der Waals surface area contributed by atoms with Crippen molar-refractivity contribution < 1.29 is 13.2 Å². The summed E-state index contributed by atoms with van der Waals surface area (Å²) in [5.41, 5.74) is -0.684. The van der Waals surface area contributed by atoms with Crippen LogP contribution in [0.15, 0.2) is 12.3 Å². The van der Waals surface area contributed by atoms with E-state index in [-0.39, 0.29) is 11.4 Å². The summed E-state index contributed by atoms with van der Waals surface area (Å²) in [4.78, 5) is 7.32. The summed E-state index contributed by atoms with van der Waals surface area (Å²) >= 11 is 0. The fourth-order valence-corrected chi connectivity index (χ4v) is 2.20. The number of aromatic nitrogens is 2. The van der Waals surface area contributed by atoms with Gasteiger partial charge in [0.25, 0.3) is 0 Å². The summed E-state index contributed by atoms with van der Waals surface area (Å²) in [5.74, 6) is 0.0598. The Morgan fingerprint density at radius 1 is 1.39 bits per heavy atom. The van der Waals surface area contributed by atoms with Crippen molar-refractivity contribution in [3.63, 3.8) is 0 Å². The molecular formula is C12H16F3N3. The molecule has 0 aliphatic heterocycles. The van der Waals surface area contributed by atoms with E-state index in [2.05, 4.69) is 22.2 Å². The third-order valence-corrected chi connectivity index (χ3v) is 3.73. The molecule has 1 heterocycles. The molecule has 0 atom stereocenters. The Labute approximate surface area is 104 Å². The molecule has 18 heavy (non-hydrogen) atoms. The second-order valence-electron chi connectivity index (χ2n) is 4.82. The van der Waals surface area contributed by atoms with E-state index in [4.69, 9.17) is 0 Å². The van der Waals surface area contributed by atoms with Gasteiger partial charge in [-0.25, -0.2) is 9.97 Å². The lowest BCUT2D eigenvalue weighted by Gasteiger charge is -2.41. The van der Waals surface area contributed by atoms with Crippen molar-refractivity contribution >= 4 is 5.95 Å². The maximum absolute atomic E-state index is 12.5. The third-order valence-electron chi connectivity index (χ3n) is 3.73. The topological polar surface area (TPSA) is 37.8 Å². The summed E-state index contributed by atoms with van der Waals surface area (Å²) in [6.45, 7) is 2.75. The molecule has 1 aromatic rings. The summed E-state index contributed by atoms with van der Waals surface area (Å²) < 4.78 is 37.4. The number of hydrogen-bond acceptors (Lipinski definition) is 3. The highest BCUT2D eigenvalue weighted by atomic mass is 19.4. The molecule has 1 saturated carbocycles. The van der Waals surface area contributed by atoms with Crippen LogP contribution < -0.4 is 5.32 Å². The normalized spacial score (nSPS) is 18.2. The van der Waals surface area contributed by atoms with Gasteiger partial charge in [-0.05, 0) is 30.7 Å². The zero-order valence-electron chi connectivity index (χ0n) is 10.2. The summed E-state index contributed by atoms with van der Waals surface area (Å²) in [6, 6.07) is 0.879. The van der Waals surface area contributed by atoms with E-state index in [9.17, 15) is 13.2 Å². The Kier molecular flexibility index (Phi) is 3.45.